The second-order valence-corrected chi connectivity index (χ2v) is 4.24. The minimum Gasteiger partial charge on any atom is -0.393 e. The fourth-order valence-corrected chi connectivity index (χ4v) is 1.15. The molecule has 0 saturated carbocycles. The van der Waals surface area contributed by atoms with Crippen molar-refractivity contribution in [2.24, 2.45) is 0 Å². The Balaban J connectivity index is 5.04. The van der Waals surface area contributed by atoms with Crippen LogP contribution in [0.1, 0.15) is 20.3 Å². The first-order chi connectivity index (χ1) is 9.25. The summed E-state index contributed by atoms with van der Waals surface area (Å²) in [5.74, 6) is -7.63. The van der Waals surface area contributed by atoms with Gasteiger partial charge in [0.15, 0.2) is 6.17 Å². The molecule has 0 spiro atoms. The van der Waals surface area contributed by atoms with Gasteiger partial charge in [0.25, 0.3) is 0 Å². The lowest BCUT2D eigenvalue weighted by Gasteiger charge is -2.29. The predicted octanol–water partition coefficient (Wildman–Crippen LogP) is 3.69. The number of carbonyl (C=O) groups excluding carboxylic acids is 1. The third kappa shape index (κ3) is 5.52. The Morgan fingerprint density at radius 1 is 1.19 bits per heavy atom. The van der Waals surface area contributed by atoms with Crippen LogP contribution in [-0.2, 0) is 14.3 Å². The summed E-state index contributed by atoms with van der Waals surface area (Å²) in [5, 5.41) is 0. The lowest BCUT2D eigenvalue weighted by molar-refractivity contribution is -0.355. The van der Waals surface area contributed by atoms with Gasteiger partial charge in [0, 0.05) is 6.08 Å². The first kappa shape index (κ1) is 19.7. The lowest BCUT2D eigenvalue weighted by atomic mass is 10.1. The summed E-state index contributed by atoms with van der Waals surface area (Å²) in [6, 6.07) is 0. The van der Waals surface area contributed by atoms with Crippen molar-refractivity contribution in [2.75, 3.05) is 0 Å². The zero-order chi connectivity index (χ0) is 17.1. The highest BCUT2D eigenvalue weighted by molar-refractivity contribution is 5.81. The van der Waals surface area contributed by atoms with E-state index in [4.69, 9.17) is 0 Å². The van der Waals surface area contributed by atoms with Gasteiger partial charge in [0.2, 0.25) is 0 Å². The zero-order valence-electron chi connectivity index (χ0n) is 11.0. The van der Waals surface area contributed by atoms with E-state index in [1.54, 1.807) is 0 Å². The van der Waals surface area contributed by atoms with Gasteiger partial charge in [-0.2, -0.15) is 26.3 Å². The number of hydrogen-bond donors (Lipinski definition) is 0. The standard InChI is InChI=1S/C11H13F7O3/c1-4-8(19)21-11(17,18)10(15,16)7(12)5-9(13,14)20-6(2)3/h4,6-7H,1,5H2,2-3H3. The van der Waals surface area contributed by atoms with E-state index < -0.39 is 42.8 Å². The molecule has 0 radical (unpaired) electrons. The van der Waals surface area contributed by atoms with Crippen LogP contribution in [0.25, 0.3) is 0 Å². The van der Waals surface area contributed by atoms with Crippen LogP contribution < -0.4 is 0 Å². The number of ether oxygens (including phenoxy) is 2. The third-order valence-electron chi connectivity index (χ3n) is 2.00. The summed E-state index contributed by atoms with van der Waals surface area (Å²) in [7, 11) is 0. The van der Waals surface area contributed by atoms with Crippen molar-refractivity contribution < 1.29 is 45.0 Å². The maximum Gasteiger partial charge on any atom is 0.469 e. The van der Waals surface area contributed by atoms with Crippen molar-refractivity contribution in [3.8, 4) is 0 Å². The van der Waals surface area contributed by atoms with Crippen LogP contribution in [0.3, 0.4) is 0 Å². The lowest BCUT2D eigenvalue weighted by Crippen LogP contribution is -2.52. The summed E-state index contributed by atoms with van der Waals surface area (Å²) in [6.07, 6.45) is -17.4. The number of halogens is 7. The van der Waals surface area contributed by atoms with E-state index in [1.807, 2.05) is 0 Å². The van der Waals surface area contributed by atoms with Gasteiger partial charge in [-0.05, 0) is 13.8 Å². The molecule has 0 aromatic rings. The van der Waals surface area contributed by atoms with Crippen molar-refractivity contribution in [2.45, 2.75) is 50.7 Å². The Bertz CT molecular complexity index is 382. The molecule has 124 valence electrons. The maximum atomic E-state index is 13.2. The van der Waals surface area contributed by atoms with E-state index in [2.05, 4.69) is 16.1 Å². The molecule has 1 unspecified atom stereocenters. The van der Waals surface area contributed by atoms with Crippen LogP contribution in [0.15, 0.2) is 12.7 Å². The molecule has 0 aliphatic carbocycles. The molecule has 10 heteroatoms. The molecule has 1 atom stereocenters. The molecule has 21 heavy (non-hydrogen) atoms. The highest BCUT2D eigenvalue weighted by Gasteiger charge is 2.66. The predicted molar refractivity (Wildman–Crippen MR) is 56.9 cm³/mol. The highest BCUT2D eigenvalue weighted by atomic mass is 19.3. The monoisotopic (exact) mass is 326 g/mol. The molecule has 0 saturated heterocycles. The Morgan fingerprint density at radius 2 is 1.67 bits per heavy atom. The van der Waals surface area contributed by atoms with Gasteiger partial charge in [-0.25, -0.2) is 9.18 Å². The van der Waals surface area contributed by atoms with E-state index in [9.17, 15) is 35.5 Å². The smallest absolute Gasteiger partial charge is 0.393 e. The largest absolute Gasteiger partial charge is 0.469 e. The van der Waals surface area contributed by atoms with E-state index in [0.29, 0.717) is 0 Å². The van der Waals surface area contributed by atoms with Gasteiger partial charge in [0.05, 0.1) is 12.5 Å². The first-order valence-corrected chi connectivity index (χ1v) is 5.56. The second-order valence-electron chi connectivity index (χ2n) is 4.24. The van der Waals surface area contributed by atoms with Crippen molar-refractivity contribution in [3.63, 3.8) is 0 Å². The number of carbonyl (C=O) groups is 1. The van der Waals surface area contributed by atoms with Crippen molar-refractivity contribution in [3.05, 3.63) is 12.7 Å². The molecular weight excluding hydrogens is 313 g/mol. The highest BCUT2D eigenvalue weighted by Crippen LogP contribution is 2.43. The quantitative estimate of drug-likeness (QED) is 0.388. The maximum absolute atomic E-state index is 13.2. The third-order valence-corrected chi connectivity index (χ3v) is 2.00. The van der Waals surface area contributed by atoms with Crippen LogP contribution in [0, 0.1) is 0 Å². The van der Waals surface area contributed by atoms with Gasteiger partial charge >= 0.3 is 24.1 Å². The molecule has 0 aromatic heterocycles. The number of hydrogen-bond acceptors (Lipinski definition) is 3. The Hall–Kier alpha value is -1.32. The minimum atomic E-state index is -5.67. The van der Waals surface area contributed by atoms with Gasteiger partial charge in [0.1, 0.15) is 0 Å². The summed E-state index contributed by atoms with van der Waals surface area (Å²) < 4.78 is 98.2. The van der Waals surface area contributed by atoms with E-state index in [1.165, 1.54) is 0 Å². The molecule has 0 fully saturated rings. The molecule has 0 amide bonds. The molecule has 0 bridgehead atoms. The molecular formula is C11H13F7O3. The second kappa shape index (κ2) is 6.63. The molecule has 0 aliphatic rings. The Morgan fingerprint density at radius 3 is 2.05 bits per heavy atom. The van der Waals surface area contributed by atoms with Gasteiger partial charge in [-0.1, -0.05) is 6.58 Å². The van der Waals surface area contributed by atoms with Crippen LogP contribution in [-0.4, -0.2) is 36.4 Å². The van der Waals surface area contributed by atoms with Crippen LogP contribution in [0.5, 0.6) is 0 Å². The Kier molecular flexibility index (Phi) is 6.21. The van der Waals surface area contributed by atoms with Crippen molar-refractivity contribution in [1.29, 1.82) is 0 Å². The number of rotatable bonds is 8. The van der Waals surface area contributed by atoms with Crippen LogP contribution in [0.2, 0.25) is 0 Å². The average Bonchev–Trinajstić information content (AvgIpc) is 2.25. The molecule has 0 heterocycles. The van der Waals surface area contributed by atoms with Gasteiger partial charge < -0.3 is 9.47 Å². The summed E-state index contributed by atoms with van der Waals surface area (Å²) in [6.45, 7) is 4.90. The molecule has 3 nitrogen and oxygen atoms in total. The van der Waals surface area contributed by atoms with E-state index in [-0.39, 0.29) is 6.08 Å². The number of esters is 1. The summed E-state index contributed by atoms with van der Waals surface area (Å²) >= 11 is 0. The molecule has 0 aliphatic heterocycles. The van der Waals surface area contributed by atoms with Gasteiger partial charge in [-0.3, -0.25) is 0 Å². The van der Waals surface area contributed by atoms with Crippen LogP contribution in [0.4, 0.5) is 30.7 Å². The minimum absolute atomic E-state index is 0.133. The number of alkyl halides is 7. The topological polar surface area (TPSA) is 35.5 Å². The van der Waals surface area contributed by atoms with E-state index in [0.717, 1.165) is 13.8 Å². The molecule has 0 aromatic carbocycles. The zero-order valence-corrected chi connectivity index (χ0v) is 11.0. The van der Waals surface area contributed by atoms with E-state index >= 15 is 0 Å². The SMILES string of the molecule is C=CC(=O)OC(F)(F)C(F)(F)C(F)CC(F)(F)OC(C)C. The molecule has 0 N–H and O–H groups in total. The summed E-state index contributed by atoms with van der Waals surface area (Å²) in [4.78, 5) is 10.5. The molecule has 0 rings (SSSR count). The first-order valence-electron chi connectivity index (χ1n) is 5.56. The fraction of sp³-hybridized carbons (Fsp3) is 0.727. The van der Waals surface area contributed by atoms with Crippen LogP contribution >= 0.6 is 0 Å². The normalized spacial score (nSPS) is 15.0. The van der Waals surface area contributed by atoms with Crippen molar-refractivity contribution in [1.82, 2.24) is 0 Å². The fourth-order valence-electron chi connectivity index (χ4n) is 1.15. The summed E-state index contributed by atoms with van der Waals surface area (Å²) in [5.41, 5.74) is 0. The van der Waals surface area contributed by atoms with Crippen molar-refractivity contribution >= 4 is 5.97 Å². The van der Waals surface area contributed by atoms with Gasteiger partial charge in [-0.15, -0.1) is 0 Å². The Labute approximate surface area is 115 Å². The average molecular weight is 326 g/mol.